The van der Waals surface area contributed by atoms with E-state index in [4.69, 9.17) is 4.74 Å². The Bertz CT molecular complexity index is 587. The van der Waals surface area contributed by atoms with E-state index in [2.05, 4.69) is 27.8 Å². The lowest BCUT2D eigenvalue weighted by Gasteiger charge is -2.32. The summed E-state index contributed by atoms with van der Waals surface area (Å²) in [4.78, 5) is 18.3. The summed E-state index contributed by atoms with van der Waals surface area (Å²) in [6.45, 7) is 8.44. The van der Waals surface area contributed by atoms with E-state index in [9.17, 15) is 9.90 Å². The number of piperazine rings is 1. The van der Waals surface area contributed by atoms with Crippen LogP contribution in [0, 0.1) is 5.92 Å². The van der Waals surface area contributed by atoms with Gasteiger partial charge in [0.1, 0.15) is 12.4 Å². The van der Waals surface area contributed by atoms with Gasteiger partial charge in [-0.2, -0.15) is 0 Å². The zero-order valence-corrected chi connectivity index (χ0v) is 15.8. The Morgan fingerprint density at radius 2 is 1.92 bits per heavy atom. The molecule has 2 fully saturated rings. The lowest BCUT2D eigenvalue weighted by molar-refractivity contribution is -0.143. The minimum absolute atomic E-state index is 0.242. The predicted molar refractivity (Wildman–Crippen MR) is 102 cm³/mol. The van der Waals surface area contributed by atoms with Crippen molar-refractivity contribution in [3.05, 3.63) is 29.8 Å². The quantitative estimate of drug-likeness (QED) is 0.796. The lowest BCUT2D eigenvalue weighted by atomic mass is 9.98. The van der Waals surface area contributed by atoms with Gasteiger partial charge in [0.05, 0.1) is 5.92 Å². The average molecular weight is 361 g/mol. The summed E-state index contributed by atoms with van der Waals surface area (Å²) in [5.74, 6) is 0.0135. The van der Waals surface area contributed by atoms with Crippen molar-refractivity contribution in [2.45, 2.75) is 19.4 Å². The van der Waals surface area contributed by atoms with E-state index in [1.165, 1.54) is 0 Å². The van der Waals surface area contributed by atoms with Crippen molar-refractivity contribution < 1.29 is 14.6 Å². The van der Waals surface area contributed by atoms with Gasteiger partial charge < -0.3 is 14.7 Å². The zero-order chi connectivity index (χ0) is 18.4. The number of rotatable bonds is 7. The molecule has 0 unspecified atom stereocenters. The molecule has 0 aliphatic carbocycles. The van der Waals surface area contributed by atoms with Crippen molar-refractivity contribution in [1.82, 2.24) is 14.7 Å². The van der Waals surface area contributed by atoms with Gasteiger partial charge >= 0.3 is 5.97 Å². The van der Waals surface area contributed by atoms with E-state index in [0.29, 0.717) is 13.2 Å². The SMILES string of the molecule is CN1CCN(CCOc2ccccc2CN2CCC[C@H](C(=O)O)C2)CC1. The molecule has 2 saturated heterocycles. The van der Waals surface area contributed by atoms with Crippen molar-refractivity contribution >= 4 is 5.97 Å². The van der Waals surface area contributed by atoms with Gasteiger partial charge in [-0.25, -0.2) is 0 Å². The van der Waals surface area contributed by atoms with E-state index in [1.807, 2.05) is 18.2 Å². The molecule has 0 saturated carbocycles. The summed E-state index contributed by atoms with van der Waals surface area (Å²) < 4.78 is 6.08. The second-order valence-corrected chi connectivity index (χ2v) is 7.51. The molecule has 0 spiro atoms. The van der Waals surface area contributed by atoms with E-state index >= 15 is 0 Å². The molecule has 1 aromatic carbocycles. The topological polar surface area (TPSA) is 56.2 Å². The van der Waals surface area contributed by atoms with Gasteiger partial charge in [-0.05, 0) is 32.5 Å². The van der Waals surface area contributed by atoms with Gasteiger partial charge in [0, 0.05) is 51.4 Å². The first kappa shape index (κ1) is 19.1. The number of benzene rings is 1. The number of carbonyl (C=O) groups is 1. The zero-order valence-electron chi connectivity index (χ0n) is 15.8. The maximum absolute atomic E-state index is 11.3. The second kappa shape index (κ2) is 9.35. The summed E-state index contributed by atoms with van der Waals surface area (Å²) in [7, 11) is 2.17. The van der Waals surface area contributed by atoms with Crippen LogP contribution in [0.5, 0.6) is 5.75 Å². The largest absolute Gasteiger partial charge is 0.492 e. The maximum atomic E-state index is 11.3. The van der Waals surface area contributed by atoms with Crippen molar-refractivity contribution in [3.63, 3.8) is 0 Å². The number of hydrogen-bond donors (Lipinski definition) is 1. The average Bonchev–Trinajstić information content (AvgIpc) is 2.65. The molecule has 1 atom stereocenters. The molecule has 0 bridgehead atoms. The van der Waals surface area contributed by atoms with E-state index in [-0.39, 0.29) is 5.92 Å². The fraction of sp³-hybridized carbons (Fsp3) is 0.650. The number of likely N-dealkylation sites (N-methyl/N-ethyl adjacent to an activating group) is 1. The van der Waals surface area contributed by atoms with Crippen LogP contribution in [0.1, 0.15) is 18.4 Å². The highest BCUT2D eigenvalue weighted by Crippen LogP contribution is 2.23. The van der Waals surface area contributed by atoms with Gasteiger partial charge in [0.2, 0.25) is 0 Å². The van der Waals surface area contributed by atoms with Crippen molar-refractivity contribution in [2.75, 3.05) is 59.5 Å². The fourth-order valence-electron chi connectivity index (χ4n) is 3.77. The van der Waals surface area contributed by atoms with Crippen LogP contribution < -0.4 is 4.74 Å². The van der Waals surface area contributed by atoms with Crippen molar-refractivity contribution in [1.29, 1.82) is 0 Å². The van der Waals surface area contributed by atoms with E-state index in [1.54, 1.807) is 0 Å². The molecule has 144 valence electrons. The molecule has 3 rings (SSSR count). The number of carboxylic acid groups (broad SMARTS) is 1. The van der Waals surface area contributed by atoms with Crippen LogP contribution in [-0.4, -0.2) is 85.2 Å². The van der Waals surface area contributed by atoms with Gasteiger partial charge in [0.25, 0.3) is 0 Å². The Hall–Kier alpha value is -1.63. The van der Waals surface area contributed by atoms with Crippen LogP contribution in [0.2, 0.25) is 0 Å². The Kier molecular flexibility index (Phi) is 6.88. The molecule has 0 amide bonds. The third-order valence-corrected chi connectivity index (χ3v) is 5.48. The molecule has 0 radical (unpaired) electrons. The number of piperidine rings is 1. The highest BCUT2D eigenvalue weighted by molar-refractivity contribution is 5.70. The third kappa shape index (κ3) is 5.43. The van der Waals surface area contributed by atoms with Crippen molar-refractivity contribution in [3.8, 4) is 5.75 Å². The maximum Gasteiger partial charge on any atom is 0.307 e. The highest BCUT2D eigenvalue weighted by atomic mass is 16.5. The highest BCUT2D eigenvalue weighted by Gasteiger charge is 2.25. The molecule has 6 nitrogen and oxygen atoms in total. The number of nitrogens with zero attached hydrogens (tertiary/aromatic N) is 3. The summed E-state index contributed by atoms with van der Waals surface area (Å²) in [5, 5.41) is 9.27. The molecule has 26 heavy (non-hydrogen) atoms. The first-order valence-corrected chi connectivity index (χ1v) is 9.68. The number of ether oxygens (including phenoxy) is 1. The molecule has 1 aromatic rings. The standard InChI is InChI=1S/C20H31N3O3/c1-21-9-11-22(12-10-21)13-14-26-19-7-3-2-5-17(19)15-23-8-4-6-18(16-23)20(24)25/h2-3,5,7,18H,4,6,8-16H2,1H3,(H,24,25)/t18-/m0/s1. The monoisotopic (exact) mass is 361 g/mol. The van der Waals surface area contributed by atoms with Crippen LogP contribution in [0.3, 0.4) is 0 Å². The molecular weight excluding hydrogens is 330 g/mol. The van der Waals surface area contributed by atoms with Gasteiger partial charge in [-0.15, -0.1) is 0 Å². The van der Waals surface area contributed by atoms with Crippen LogP contribution in [0.4, 0.5) is 0 Å². The van der Waals surface area contributed by atoms with Gasteiger partial charge in [-0.1, -0.05) is 18.2 Å². The summed E-state index contributed by atoms with van der Waals surface area (Å²) >= 11 is 0. The van der Waals surface area contributed by atoms with E-state index < -0.39 is 5.97 Å². The third-order valence-electron chi connectivity index (χ3n) is 5.48. The van der Waals surface area contributed by atoms with Crippen molar-refractivity contribution in [2.24, 2.45) is 5.92 Å². The Balaban J connectivity index is 1.50. The lowest BCUT2D eigenvalue weighted by Crippen LogP contribution is -2.45. The Morgan fingerprint density at radius 3 is 2.69 bits per heavy atom. The Morgan fingerprint density at radius 1 is 1.15 bits per heavy atom. The fourth-order valence-corrected chi connectivity index (χ4v) is 3.77. The van der Waals surface area contributed by atoms with Crippen LogP contribution >= 0.6 is 0 Å². The summed E-state index contributed by atoms with van der Waals surface area (Å²) in [6, 6.07) is 8.15. The normalized spacial score (nSPS) is 23.0. The summed E-state index contributed by atoms with van der Waals surface area (Å²) in [5.41, 5.74) is 1.15. The molecule has 1 N–H and O–H groups in total. The summed E-state index contributed by atoms with van der Waals surface area (Å²) in [6.07, 6.45) is 1.73. The second-order valence-electron chi connectivity index (χ2n) is 7.51. The number of carboxylic acids is 1. The Labute approximate surface area is 156 Å². The predicted octanol–water partition coefficient (Wildman–Crippen LogP) is 1.61. The minimum Gasteiger partial charge on any atom is -0.492 e. The molecule has 2 aliphatic heterocycles. The number of aliphatic carboxylic acids is 1. The molecule has 2 heterocycles. The van der Waals surface area contributed by atoms with Gasteiger partial charge in [-0.3, -0.25) is 14.6 Å². The van der Waals surface area contributed by atoms with Crippen LogP contribution in [0.25, 0.3) is 0 Å². The number of hydrogen-bond acceptors (Lipinski definition) is 5. The van der Waals surface area contributed by atoms with Gasteiger partial charge in [0.15, 0.2) is 0 Å². The number of likely N-dealkylation sites (tertiary alicyclic amines) is 1. The smallest absolute Gasteiger partial charge is 0.307 e. The first-order valence-electron chi connectivity index (χ1n) is 9.68. The van der Waals surface area contributed by atoms with Crippen LogP contribution in [0.15, 0.2) is 24.3 Å². The first-order chi connectivity index (χ1) is 12.6. The molecular formula is C20H31N3O3. The molecule has 6 heteroatoms. The minimum atomic E-state index is -0.675. The number of para-hydroxylation sites is 1. The molecule has 2 aliphatic rings. The van der Waals surface area contributed by atoms with E-state index in [0.717, 1.165) is 70.0 Å². The molecule has 0 aromatic heterocycles. The van der Waals surface area contributed by atoms with Crippen LogP contribution in [-0.2, 0) is 11.3 Å².